The lowest BCUT2D eigenvalue weighted by Gasteiger charge is -2.44. The van der Waals surface area contributed by atoms with E-state index >= 15 is 0 Å². The molecule has 0 atom stereocenters. The number of nitrogens with one attached hydrogen (secondary N) is 1. The topological polar surface area (TPSA) is 69.6 Å². The first kappa shape index (κ1) is 16.8. The Kier molecular flexibility index (Phi) is 5.42. The third kappa shape index (κ3) is 4.12. The van der Waals surface area contributed by atoms with Gasteiger partial charge in [0.25, 0.3) is 0 Å². The summed E-state index contributed by atoms with van der Waals surface area (Å²) in [5.41, 5.74) is -0.803. The minimum Gasteiger partial charge on any atom is -0.481 e. The standard InChI is InChI=1S/C15H28N2O3/c1-5-14(2,3)16-13(20)17(4)15(11-12(18)19)9-7-6-8-10-15/h5-11H2,1-4H3,(H,16,20)(H,18,19). The Morgan fingerprint density at radius 3 is 2.25 bits per heavy atom. The predicted octanol–water partition coefficient (Wildman–Crippen LogP) is 2.99. The molecule has 1 rings (SSSR count). The minimum atomic E-state index is -0.832. The molecule has 1 saturated carbocycles. The van der Waals surface area contributed by atoms with Crippen LogP contribution in [0.15, 0.2) is 0 Å². The Hall–Kier alpha value is -1.26. The van der Waals surface area contributed by atoms with E-state index in [0.29, 0.717) is 0 Å². The van der Waals surface area contributed by atoms with Gasteiger partial charge in [0.05, 0.1) is 12.0 Å². The Labute approximate surface area is 121 Å². The van der Waals surface area contributed by atoms with Crippen molar-refractivity contribution in [2.45, 2.75) is 76.8 Å². The van der Waals surface area contributed by atoms with Gasteiger partial charge >= 0.3 is 12.0 Å². The van der Waals surface area contributed by atoms with Crippen LogP contribution in [0.2, 0.25) is 0 Å². The molecule has 1 fully saturated rings. The second-order valence-electron chi connectivity index (χ2n) is 6.58. The van der Waals surface area contributed by atoms with E-state index in [4.69, 9.17) is 0 Å². The molecule has 5 heteroatoms. The molecule has 2 N–H and O–H groups in total. The Morgan fingerprint density at radius 2 is 1.80 bits per heavy atom. The van der Waals surface area contributed by atoms with Crippen molar-refractivity contribution in [3.05, 3.63) is 0 Å². The van der Waals surface area contributed by atoms with Crippen molar-refractivity contribution in [2.24, 2.45) is 0 Å². The van der Waals surface area contributed by atoms with Crippen LogP contribution in [0.25, 0.3) is 0 Å². The maximum atomic E-state index is 12.4. The van der Waals surface area contributed by atoms with Gasteiger partial charge in [0, 0.05) is 12.6 Å². The van der Waals surface area contributed by atoms with Crippen molar-refractivity contribution in [3.8, 4) is 0 Å². The van der Waals surface area contributed by atoms with E-state index in [2.05, 4.69) is 5.32 Å². The van der Waals surface area contributed by atoms with Gasteiger partial charge in [-0.3, -0.25) is 4.79 Å². The van der Waals surface area contributed by atoms with Crippen LogP contribution >= 0.6 is 0 Å². The van der Waals surface area contributed by atoms with Crippen molar-refractivity contribution < 1.29 is 14.7 Å². The summed E-state index contributed by atoms with van der Waals surface area (Å²) in [6, 6.07) is -0.167. The van der Waals surface area contributed by atoms with Crippen LogP contribution in [0.3, 0.4) is 0 Å². The number of urea groups is 1. The maximum absolute atomic E-state index is 12.4. The molecule has 0 saturated heterocycles. The van der Waals surface area contributed by atoms with E-state index in [9.17, 15) is 14.7 Å². The van der Waals surface area contributed by atoms with Crippen LogP contribution in [0.5, 0.6) is 0 Å². The van der Waals surface area contributed by atoms with Crippen molar-refractivity contribution in [1.29, 1.82) is 0 Å². The number of carboxylic acids is 1. The highest BCUT2D eigenvalue weighted by Gasteiger charge is 2.41. The van der Waals surface area contributed by atoms with Crippen molar-refractivity contribution in [3.63, 3.8) is 0 Å². The van der Waals surface area contributed by atoms with Gasteiger partial charge in [0.1, 0.15) is 0 Å². The van der Waals surface area contributed by atoms with Gasteiger partial charge in [-0.05, 0) is 33.1 Å². The summed E-state index contributed by atoms with van der Waals surface area (Å²) in [5, 5.41) is 12.2. The summed E-state index contributed by atoms with van der Waals surface area (Å²) < 4.78 is 0. The first-order valence-corrected chi connectivity index (χ1v) is 7.50. The summed E-state index contributed by atoms with van der Waals surface area (Å²) in [6.07, 6.45) is 5.51. The molecule has 0 radical (unpaired) electrons. The number of amides is 2. The molecule has 0 heterocycles. The number of carbonyl (C=O) groups is 2. The molecule has 0 aromatic heterocycles. The Bertz CT molecular complexity index is 360. The molecule has 0 aromatic carbocycles. The zero-order valence-electron chi connectivity index (χ0n) is 13.2. The van der Waals surface area contributed by atoms with Gasteiger partial charge in [-0.25, -0.2) is 4.79 Å². The van der Waals surface area contributed by atoms with Crippen molar-refractivity contribution in [1.82, 2.24) is 10.2 Å². The number of hydrogen-bond donors (Lipinski definition) is 2. The predicted molar refractivity (Wildman–Crippen MR) is 78.7 cm³/mol. The molecule has 1 aliphatic rings. The Morgan fingerprint density at radius 1 is 1.25 bits per heavy atom. The van der Waals surface area contributed by atoms with Gasteiger partial charge in [-0.1, -0.05) is 26.2 Å². The molecule has 0 unspecified atom stereocenters. The van der Waals surface area contributed by atoms with E-state index in [-0.39, 0.29) is 18.0 Å². The van der Waals surface area contributed by atoms with Crippen LogP contribution in [-0.4, -0.2) is 40.1 Å². The number of rotatable bonds is 5. The first-order valence-electron chi connectivity index (χ1n) is 7.50. The fourth-order valence-electron chi connectivity index (χ4n) is 2.80. The highest BCUT2D eigenvalue weighted by Crippen LogP contribution is 2.36. The number of hydrogen-bond acceptors (Lipinski definition) is 2. The summed E-state index contributed by atoms with van der Waals surface area (Å²) in [7, 11) is 1.73. The molecular formula is C15H28N2O3. The van der Waals surface area contributed by atoms with Gasteiger partial charge in [-0.15, -0.1) is 0 Å². The average Bonchev–Trinajstić information content (AvgIpc) is 2.37. The SMILES string of the molecule is CCC(C)(C)NC(=O)N(C)C1(CC(=O)O)CCCCC1. The smallest absolute Gasteiger partial charge is 0.318 e. The molecule has 0 spiro atoms. The van der Waals surface area contributed by atoms with Crippen LogP contribution < -0.4 is 5.32 Å². The zero-order chi connectivity index (χ0) is 15.4. The minimum absolute atomic E-state index is 0.0312. The van der Waals surface area contributed by atoms with E-state index < -0.39 is 11.5 Å². The summed E-state index contributed by atoms with van der Waals surface area (Å²) in [4.78, 5) is 25.2. The van der Waals surface area contributed by atoms with Gasteiger partial charge in [0.15, 0.2) is 0 Å². The van der Waals surface area contributed by atoms with Crippen molar-refractivity contribution in [2.75, 3.05) is 7.05 Å². The largest absolute Gasteiger partial charge is 0.481 e. The fourth-order valence-corrected chi connectivity index (χ4v) is 2.80. The second kappa shape index (κ2) is 6.46. The third-order valence-corrected chi connectivity index (χ3v) is 4.61. The summed E-state index contributed by atoms with van der Waals surface area (Å²) in [5.74, 6) is -0.832. The third-order valence-electron chi connectivity index (χ3n) is 4.61. The molecule has 0 aromatic rings. The monoisotopic (exact) mass is 284 g/mol. The van der Waals surface area contributed by atoms with Crippen LogP contribution in [0, 0.1) is 0 Å². The molecule has 20 heavy (non-hydrogen) atoms. The number of carboxylic acid groups (broad SMARTS) is 1. The summed E-state index contributed by atoms with van der Waals surface area (Å²) in [6.45, 7) is 5.97. The average molecular weight is 284 g/mol. The lowest BCUT2D eigenvalue weighted by molar-refractivity contribution is -0.140. The molecule has 0 aliphatic heterocycles. The molecule has 1 aliphatic carbocycles. The Balaban J connectivity index is 2.84. The molecule has 5 nitrogen and oxygen atoms in total. The highest BCUT2D eigenvalue weighted by molar-refractivity contribution is 5.77. The van der Waals surface area contributed by atoms with Gasteiger partial charge in [0.2, 0.25) is 0 Å². The van der Waals surface area contributed by atoms with Crippen LogP contribution in [-0.2, 0) is 4.79 Å². The van der Waals surface area contributed by atoms with E-state index in [0.717, 1.165) is 38.5 Å². The lowest BCUT2D eigenvalue weighted by atomic mass is 9.78. The van der Waals surface area contributed by atoms with E-state index in [1.807, 2.05) is 20.8 Å². The first-order chi connectivity index (χ1) is 9.22. The fraction of sp³-hybridized carbons (Fsp3) is 0.867. The lowest BCUT2D eigenvalue weighted by Crippen LogP contribution is -2.58. The van der Waals surface area contributed by atoms with Gasteiger partial charge < -0.3 is 15.3 Å². The van der Waals surface area contributed by atoms with Crippen LogP contribution in [0.4, 0.5) is 4.79 Å². The number of aliphatic carboxylic acids is 1. The van der Waals surface area contributed by atoms with E-state index in [1.165, 1.54) is 0 Å². The second-order valence-corrected chi connectivity index (χ2v) is 6.58. The zero-order valence-corrected chi connectivity index (χ0v) is 13.2. The molecule has 0 bridgehead atoms. The summed E-state index contributed by atoms with van der Waals surface area (Å²) >= 11 is 0. The molecule has 116 valence electrons. The maximum Gasteiger partial charge on any atom is 0.318 e. The molecular weight excluding hydrogens is 256 g/mol. The van der Waals surface area contributed by atoms with Gasteiger partial charge in [-0.2, -0.15) is 0 Å². The quantitative estimate of drug-likeness (QED) is 0.815. The number of nitrogens with zero attached hydrogens (tertiary/aromatic N) is 1. The van der Waals surface area contributed by atoms with Crippen LogP contribution in [0.1, 0.15) is 65.7 Å². The highest BCUT2D eigenvalue weighted by atomic mass is 16.4. The normalized spacial score (nSPS) is 18.4. The molecule has 2 amide bonds. The van der Waals surface area contributed by atoms with E-state index in [1.54, 1.807) is 11.9 Å². The van der Waals surface area contributed by atoms with Crippen molar-refractivity contribution >= 4 is 12.0 Å². The number of carbonyl (C=O) groups excluding carboxylic acids is 1.